The van der Waals surface area contributed by atoms with Crippen LogP contribution in [-0.2, 0) is 13.1 Å². The summed E-state index contributed by atoms with van der Waals surface area (Å²) in [6.45, 7) is 1.75. The van der Waals surface area contributed by atoms with E-state index >= 15 is 0 Å². The first kappa shape index (κ1) is 12.9. The summed E-state index contributed by atoms with van der Waals surface area (Å²) in [5.41, 5.74) is 4.87. The van der Waals surface area contributed by atoms with Crippen LogP contribution in [0.1, 0.15) is 41.0 Å². The molecule has 1 saturated carbocycles. The van der Waals surface area contributed by atoms with E-state index in [1.54, 1.807) is 0 Å². The molecule has 0 bridgehead atoms. The van der Waals surface area contributed by atoms with Crippen molar-refractivity contribution in [3.63, 3.8) is 0 Å². The first-order chi connectivity index (χ1) is 9.86. The van der Waals surface area contributed by atoms with Crippen molar-refractivity contribution in [3.8, 4) is 6.07 Å². The van der Waals surface area contributed by atoms with Crippen molar-refractivity contribution in [1.29, 1.82) is 5.26 Å². The van der Waals surface area contributed by atoms with Gasteiger partial charge in [0.15, 0.2) is 0 Å². The predicted octanol–water partition coefficient (Wildman–Crippen LogP) is 3.73. The van der Waals surface area contributed by atoms with Gasteiger partial charge in [0.2, 0.25) is 0 Å². The van der Waals surface area contributed by atoms with E-state index in [0.29, 0.717) is 5.56 Å². The molecule has 0 aliphatic heterocycles. The van der Waals surface area contributed by atoms with Gasteiger partial charge in [0.25, 0.3) is 0 Å². The van der Waals surface area contributed by atoms with Gasteiger partial charge in [-0.05, 0) is 47.6 Å². The second-order valence-corrected chi connectivity index (χ2v) is 5.39. The van der Waals surface area contributed by atoms with Gasteiger partial charge in [0.1, 0.15) is 0 Å². The quantitative estimate of drug-likeness (QED) is 0.891. The van der Waals surface area contributed by atoms with Gasteiger partial charge in [-0.25, -0.2) is 0 Å². The molecule has 0 atom stereocenters. The van der Waals surface area contributed by atoms with E-state index in [-0.39, 0.29) is 0 Å². The summed E-state index contributed by atoms with van der Waals surface area (Å²) in [5.74, 6) is 0.794. The highest BCUT2D eigenvalue weighted by molar-refractivity contribution is 5.34. The average Bonchev–Trinajstić information content (AvgIpc) is 3.33. The predicted molar refractivity (Wildman–Crippen MR) is 80.1 cm³/mol. The van der Waals surface area contributed by atoms with E-state index in [9.17, 15) is 0 Å². The molecule has 0 heterocycles. The van der Waals surface area contributed by atoms with Crippen molar-refractivity contribution in [1.82, 2.24) is 5.32 Å². The summed E-state index contributed by atoms with van der Waals surface area (Å²) in [6.07, 6.45) is 2.68. The van der Waals surface area contributed by atoms with Crippen molar-refractivity contribution in [2.24, 2.45) is 0 Å². The highest BCUT2D eigenvalue weighted by Gasteiger charge is 2.25. The highest BCUT2D eigenvalue weighted by Crippen LogP contribution is 2.41. The zero-order valence-electron chi connectivity index (χ0n) is 11.5. The summed E-state index contributed by atoms with van der Waals surface area (Å²) in [7, 11) is 0. The average molecular weight is 262 g/mol. The molecular formula is C18H18N2. The Morgan fingerprint density at radius 3 is 2.45 bits per heavy atom. The molecule has 2 heteroatoms. The van der Waals surface area contributed by atoms with Crippen LogP contribution in [0.15, 0.2) is 48.5 Å². The van der Waals surface area contributed by atoms with E-state index in [0.717, 1.165) is 19.0 Å². The first-order valence-electron chi connectivity index (χ1n) is 7.14. The fraction of sp³-hybridized carbons (Fsp3) is 0.278. The fourth-order valence-corrected chi connectivity index (χ4v) is 2.53. The molecule has 0 amide bonds. The van der Waals surface area contributed by atoms with Crippen LogP contribution < -0.4 is 5.32 Å². The molecule has 0 saturated heterocycles. The Balaban J connectivity index is 1.58. The number of nitrogens with zero attached hydrogens (tertiary/aromatic N) is 1. The number of hydrogen-bond acceptors (Lipinski definition) is 2. The van der Waals surface area contributed by atoms with Gasteiger partial charge in [0.05, 0.1) is 11.6 Å². The fourth-order valence-electron chi connectivity index (χ4n) is 2.53. The molecule has 1 fully saturated rings. The maximum atomic E-state index is 8.78. The molecule has 2 aromatic carbocycles. The molecule has 20 heavy (non-hydrogen) atoms. The van der Waals surface area contributed by atoms with E-state index in [2.05, 4.69) is 35.7 Å². The number of hydrogen-bond donors (Lipinski definition) is 1. The Morgan fingerprint density at radius 1 is 1.00 bits per heavy atom. The maximum Gasteiger partial charge on any atom is 0.0991 e. The van der Waals surface area contributed by atoms with E-state index < -0.39 is 0 Å². The monoisotopic (exact) mass is 262 g/mol. The summed E-state index contributed by atoms with van der Waals surface area (Å²) in [4.78, 5) is 0. The second-order valence-electron chi connectivity index (χ2n) is 5.39. The molecule has 1 N–H and O–H groups in total. The minimum atomic E-state index is 0.716. The maximum absolute atomic E-state index is 8.78. The Kier molecular flexibility index (Phi) is 3.80. The molecule has 100 valence electrons. The van der Waals surface area contributed by atoms with Crippen molar-refractivity contribution in [2.45, 2.75) is 31.8 Å². The lowest BCUT2D eigenvalue weighted by atomic mass is 10.0. The molecule has 0 aromatic heterocycles. The summed E-state index contributed by atoms with van der Waals surface area (Å²) in [5, 5.41) is 12.3. The zero-order valence-corrected chi connectivity index (χ0v) is 11.5. The zero-order chi connectivity index (χ0) is 13.8. The Morgan fingerprint density at radius 2 is 1.75 bits per heavy atom. The van der Waals surface area contributed by atoms with Gasteiger partial charge >= 0.3 is 0 Å². The Labute approximate surface area is 120 Å². The number of rotatable bonds is 5. The normalized spacial score (nSPS) is 13.9. The number of benzene rings is 2. The Bertz CT molecular complexity index is 619. The van der Waals surface area contributed by atoms with Crippen LogP contribution in [0.5, 0.6) is 0 Å². The Hall–Kier alpha value is -2.11. The topological polar surface area (TPSA) is 35.8 Å². The lowest BCUT2D eigenvalue weighted by molar-refractivity contribution is 0.688. The van der Waals surface area contributed by atoms with Crippen LogP contribution in [0.3, 0.4) is 0 Å². The van der Waals surface area contributed by atoms with E-state index in [4.69, 9.17) is 5.26 Å². The van der Waals surface area contributed by atoms with Gasteiger partial charge in [-0.15, -0.1) is 0 Å². The molecule has 1 aliphatic rings. The minimum Gasteiger partial charge on any atom is -0.309 e. The highest BCUT2D eigenvalue weighted by atomic mass is 14.8. The van der Waals surface area contributed by atoms with Crippen molar-refractivity contribution in [3.05, 3.63) is 70.8 Å². The van der Waals surface area contributed by atoms with Gasteiger partial charge in [0, 0.05) is 13.1 Å². The largest absolute Gasteiger partial charge is 0.309 e. The van der Waals surface area contributed by atoms with Gasteiger partial charge in [-0.1, -0.05) is 36.4 Å². The first-order valence-corrected chi connectivity index (χ1v) is 7.14. The molecule has 3 rings (SSSR count). The molecular weight excluding hydrogens is 244 g/mol. The number of nitriles is 1. The lowest BCUT2D eigenvalue weighted by Crippen LogP contribution is -2.13. The van der Waals surface area contributed by atoms with Crippen LogP contribution >= 0.6 is 0 Å². The summed E-state index contributed by atoms with van der Waals surface area (Å²) in [6, 6.07) is 18.6. The molecule has 2 aromatic rings. The van der Waals surface area contributed by atoms with Crippen molar-refractivity contribution >= 4 is 0 Å². The summed E-state index contributed by atoms with van der Waals surface area (Å²) >= 11 is 0. The third-order valence-corrected chi connectivity index (χ3v) is 3.80. The van der Waals surface area contributed by atoms with Crippen molar-refractivity contribution in [2.75, 3.05) is 0 Å². The molecule has 1 aliphatic carbocycles. The molecule has 2 nitrogen and oxygen atoms in total. The van der Waals surface area contributed by atoms with Gasteiger partial charge in [-0.2, -0.15) is 5.26 Å². The summed E-state index contributed by atoms with van der Waals surface area (Å²) < 4.78 is 0. The smallest absolute Gasteiger partial charge is 0.0991 e. The van der Waals surface area contributed by atoms with Gasteiger partial charge < -0.3 is 5.32 Å². The van der Waals surface area contributed by atoms with E-state index in [1.165, 1.54) is 29.5 Å². The number of nitrogens with one attached hydrogen (secondary N) is 1. The molecule has 0 unspecified atom stereocenters. The van der Waals surface area contributed by atoms with Crippen LogP contribution in [0.4, 0.5) is 0 Å². The third kappa shape index (κ3) is 3.07. The second kappa shape index (κ2) is 5.90. The van der Waals surface area contributed by atoms with Gasteiger partial charge in [-0.3, -0.25) is 0 Å². The SMILES string of the molecule is N#Cc1ccc(CNCc2ccccc2C2CC2)cc1. The molecule has 0 radical (unpaired) electrons. The van der Waals surface area contributed by atoms with Crippen LogP contribution in [0.2, 0.25) is 0 Å². The van der Waals surface area contributed by atoms with Crippen LogP contribution in [0, 0.1) is 11.3 Å². The lowest BCUT2D eigenvalue weighted by Gasteiger charge is -2.10. The standard InChI is InChI=1S/C18H18N2/c19-11-14-5-7-15(8-6-14)12-20-13-17-3-1-2-4-18(17)16-9-10-16/h1-8,16,20H,9-10,12-13H2. The van der Waals surface area contributed by atoms with Crippen LogP contribution in [0.25, 0.3) is 0 Å². The van der Waals surface area contributed by atoms with Crippen molar-refractivity contribution < 1.29 is 0 Å². The third-order valence-electron chi connectivity index (χ3n) is 3.80. The van der Waals surface area contributed by atoms with Crippen LogP contribution in [-0.4, -0.2) is 0 Å². The molecule has 0 spiro atoms. The minimum absolute atomic E-state index is 0.716. The van der Waals surface area contributed by atoms with E-state index in [1.807, 2.05) is 24.3 Å².